The fourth-order valence-electron chi connectivity index (χ4n) is 2.23. The summed E-state index contributed by atoms with van der Waals surface area (Å²) in [4.78, 5) is 2.27. The number of hydrogen-bond acceptors (Lipinski definition) is 4. The first kappa shape index (κ1) is 12.2. The number of nitrogens with zero attached hydrogens (tertiary/aromatic N) is 1. The van der Waals surface area contributed by atoms with Gasteiger partial charge in [-0.3, -0.25) is 4.90 Å². The predicted molar refractivity (Wildman–Crippen MR) is 67.4 cm³/mol. The van der Waals surface area contributed by atoms with Gasteiger partial charge < -0.3 is 15.2 Å². The first-order chi connectivity index (χ1) is 8.20. The number of phenols is 1. The van der Waals surface area contributed by atoms with Crippen LogP contribution in [0.1, 0.15) is 12.0 Å². The Kier molecular flexibility index (Phi) is 3.86. The number of benzene rings is 1. The summed E-state index contributed by atoms with van der Waals surface area (Å²) < 4.78 is 5.17. The van der Waals surface area contributed by atoms with E-state index in [0.717, 1.165) is 30.9 Å². The standard InChI is InChI=1S/C13H20N2O2/c1-15(11-5-6-14-8-11)9-10-7-12(17-2)3-4-13(10)16/h3-4,7,11,14,16H,5-6,8-9H2,1-2H3. The Balaban J connectivity index is 2.06. The summed E-state index contributed by atoms with van der Waals surface area (Å²) >= 11 is 0. The first-order valence-corrected chi connectivity index (χ1v) is 5.97. The Morgan fingerprint density at radius 3 is 3.00 bits per heavy atom. The topological polar surface area (TPSA) is 44.7 Å². The molecule has 94 valence electrons. The molecule has 1 aliphatic rings. The van der Waals surface area contributed by atoms with E-state index in [0.29, 0.717) is 11.8 Å². The monoisotopic (exact) mass is 236 g/mol. The van der Waals surface area contributed by atoms with Crippen LogP contribution in [0, 0.1) is 0 Å². The zero-order valence-corrected chi connectivity index (χ0v) is 10.4. The van der Waals surface area contributed by atoms with Gasteiger partial charge in [-0.05, 0) is 38.2 Å². The van der Waals surface area contributed by atoms with Crippen molar-refractivity contribution in [3.8, 4) is 11.5 Å². The number of aromatic hydroxyl groups is 1. The van der Waals surface area contributed by atoms with Crippen molar-refractivity contribution in [1.82, 2.24) is 10.2 Å². The van der Waals surface area contributed by atoms with Crippen molar-refractivity contribution >= 4 is 0 Å². The smallest absolute Gasteiger partial charge is 0.120 e. The number of likely N-dealkylation sites (N-methyl/N-ethyl adjacent to an activating group) is 1. The Morgan fingerprint density at radius 2 is 2.35 bits per heavy atom. The lowest BCUT2D eigenvalue weighted by molar-refractivity contribution is 0.245. The lowest BCUT2D eigenvalue weighted by Gasteiger charge is -2.24. The zero-order valence-electron chi connectivity index (χ0n) is 10.4. The van der Waals surface area contributed by atoms with E-state index in [-0.39, 0.29) is 0 Å². The molecule has 4 nitrogen and oxygen atoms in total. The summed E-state index contributed by atoms with van der Waals surface area (Å²) in [6.07, 6.45) is 1.17. The van der Waals surface area contributed by atoms with Crippen LogP contribution in [-0.4, -0.2) is 43.3 Å². The van der Waals surface area contributed by atoms with Crippen molar-refractivity contribution in [2.75, 3.05) is 27.2 Å². The molecule has 0 spiro atoms. The van der Waals surface area contributed by atoms with Gasteiger partial charge in [-0.1, -0.05) is 0 Å². The van der Waals surface area contributed by atoms with Gasteiger partial charge in [0.05, 0.1) is 7.11 Å². The van der Waals surface area contributed by atoms with Gasteiger partial charge in [0.25, 0.3) is 0 Å². The molecule has 1 unspecified atom stereocenters. The minimum atomic E-state index is 0.337. The molecule has 1 fully saturated rings. The van der Waals surface area contributed by atoms with E-state index >= 15 is 0 Å². The maximum Gasteiger partial charge on any atom is 0.120 e. The van der Waals surface area contributed by atoms with Crippen LogP contribution in [-0.2, 0) is 6.54 Å². The second-order valence-corrected chi connectivity index (χ2v) is 4.56. The normalized spacial score (nSPS) is 19.8. The number of methoxy groups -OCH3 is 1. The molecular formula is C13H20N2O2. The van der Waals surface area contributed by atoms with E-state index in [2.05, 4.69) is 17.3 Å². The van der Waals surface area contributed by atoms with Crippen LogP contribution in [0.25, 0.3) is 0 Å². The van der Waals surface area contributed by atoms with E-state index in [1.165, 1.54) is 6.42 Å². The molecule has 0 bridgehead atoms. The summed E-state index contributed by atoms with van der Waals surface area (Å²) in [5.41, 5.74) is 0.916. The summed E-state index contributed by atoms with van der Waals surface area (Å²) in [5.74, 6) is 1.12. The highest BCUT2D eigenvalue weighted by molar-refractivity contribution is 5.39. The Hall–Kier alpha value is -1.26. The van der Waals surface area contributed by atoms with Crippen LogP contribution in [0.15, 0.2) is 18.2 Å². The van der Waals surface area contributed by atoms with E-state index in [9.17, 15) is 5.11 Å². The minimum absolute atomic E-state index is 0.337. The van der Waals surface area contributed by atoms with Crippen molar-refractivity contribution in [3.05, 3.63) is 23.8 Å². The van der Waals surface area contributed by atoms with Gasteiger partial charge >= 0.3 is 0 Å². The fourth-order valence-corrected chi connectivity index (χ4v) is 2.23. The van der Waals surface area contributed by atoms with Gasteiger partial charge in [0.2, 0.25) is 0 Å². The summed E-state index contributed by atoms with van der Waals surface area (Å²) in [7, 11) is 3.73. The Morgan fingerprint density at radius 1 is 1.53 bits per heavy atom. The largest absolute Gasteiger partial charge is 0.508 e. The highest BCUT2D eigenvalue weighted by Crippen LogP contribution is 2.24. The molecule has 1 heterocycles. The quantitative estimate of drug-likeness (QED) is 0.824. The SMILES string of the molecule is COc1ccc(O)c(CN(C)C2CCNC2)c1. The zero-order chi connectivity index (χ0) is 12.3. The minimum Gasteiger partial charge on any atom is -0.508 e. The number of rotatable bonds is 4. The number of phenolic OH excluding ortho intramolecular Hbond substituents is 1. The van der Waals surface area contributed by atoms with Crippen LogP contribution in [0.5, 0.6) is 11.5 Å². The molecule has 1 saturated heterocycles. The highest BCUT2D eigenvalue weighted by Gasteiger charge is 2.19. The first-order valence-electron chi connectivity index (χ1n) is 5.97. The van der Waals surface area contributed by atoms with Crippen molar-refractivity contribution in [3.63, 3.8) is 0 Å². The lowest BCUT2D eigenvalue weighted by atomic mass is 10.1. The molecule has 2 N–H and O–H groups in total. The molecule has 0 saturated carbocycles. The molecule has 0 aliphatic carbocycles. The van der Waals surface area contributed by atoms with Crippen LogP contribution in [0.3, 0.4) is 0 Å². The molecule has 0 aromatic heterocycles. The van der Waals surface area contributed by atoms with Crippen molar-refractivity contribution in [1.29, 1.82) is 0 Å². The third kappa shape index (κ3) is 2.90. The molecule has 1 aromatic rings. The van der Waals surface area contributed by atoms with Crippen LogP contribution in [0.4, 0.5) is 0 Å². The predicted octanol–water partition coefficient (Wildman–Crippen LogP) is 1.19. The Labute approximate surface area is 102 Å². The van der Waals surface area contributed by atoms with E-state index in [4.69, 9.17) is 4.74 Å². The fraction of sp³-hybridized carbons (Fsp3) is 0.538. The molecule has 1 atom stereocenters. The van der Waals surface area contributed by atoms with Gasteiger partial charge in [-0.15, -0.1) is 0 Å². The molecule has 17 heavy (non-hydrogen) atoms. The van der Waals surface area contributed by atoms with Crippen LogP contribution < -0.4 is 10.1 Å². The molecule has 4 heteroatoms. The van der Waals surface area contributed by atoms with Crippen molar-refractivity contribution < 1.29 is 9.84 Å². The third-order valence-corrected chi connectivity index (χ3v) is 3.36. The van der Waals surface area contributed by atoms with Crippen LogP contribution >= 0.6 is 0 Å². The number of hydrogen-bond donors (Lipinski definition) is 2. The number of ether oxygens (including phenoxy) is 1. The number of nitrogens with one attached hydrogen (secondary N) is 1. The van der Waals surface area contributed by atoms with Gasteiger partial charge in [0.1, 0.15) is 11.5 Å². The molecule has 0 amide bonds. The van der Waals surface area contributed by atoms with Crippen molar-refractivity contribution in [2.45, 2.75) is 19.0 Å². The van der Waals surface area contributed by atoms with E-state index in [1.54, 1.807) is 19.2 Å². The summed E-state index contributed by atoms with van der Waals surface area (Å²) in [6, 6.07) is 5.92. The maximum absolute atomic E-state index is 9.82. The molecule has 2 rings (SSSR count). The molecule has 1 aromatic carbocycles. The second kappa shape index (κ2) is 5.38. The highest BCUT2D eigenvalue weighted by atomic mass is 16.5. The average Bonchev–Trinajstić information content (AvgIpc) is 2.85. The third-order valence-electron chi connectivity index (χ3n) is 3.36. The molecule has 0 radical (unpaired) electrons. The maximum atomic E-state index is 9.82. The summed E-state index contributed by atoms with van der Waals surface area (Å²) in [5, 5.41) is 13.2. The van der Waals surface area contributed by atoms with Gasteiger partial charge in [0, 0.05) is 24.7 Å². The van der Waals surface area contributed by atoms with Gasteiger partial charge in [-0.25, -0.2) is 0 Å². The average molecular weight is 236 g/mol. The van der Waals surface area contributed by atoms with Crippen LogP contribution in [0.2, 0.25) is 0 Å². The lowest BCUT2D eigenvalue weighted by Crippen LogP contribution is -2.32. The van der Waals surface area contributed by atoms with Crippen molar-refractivity contribution in [2.24, 2.45) is 0 Å². The van der Waals surface area contributed by atoms with E-state index in [1.807, 2.05) is 6.07 Å². The molecular weight excluding hydrogens is 216 g/mol. The summed E-state index contributed by atoms with van der Waals surface area (Å²) in [6.45, 7) is 2.86. The Bertz CT molecular complexity index is 376. The second-order valence-electron chi connectivity index (χ2n) is 4.56. The van der Waals surface area contributed by atoms with E-state index < -0.39 is 0 Å². The molecule has 1 aliphatic heterocycles. The van der Waals surface area contributed by atoms with Gasteiger partial charge in [-0.2, -0.15) is 0 Å². The van der Waals surface area contributed by atoms with Gasteiger partial charge in [0.15, 0.2) is 0 Å².